The quantitative estimate of drug-likeness (QED) is 0.524. The monoisotopic (exact) mass is 485 g/mol. The summed E-state index contributed by atoms with van der Waals surface area (Å²) in [7, 11) is -3.85. The number of unbranched alkanes of at least 4 members (excludes halogenated alkanes) is 1. The molecule has 184 valence electrons. The van der Waals surface area contributed by atoms with Crippen molar-refractivity contribution >= 4 is 27.5 Å². The average Bonchev–Trinajstić information content (AvgIpc) is 2.82. The Bertz CT molecular complexity index is 1110. The fourth-order valence-corrected chi connectivity index (χ4v) is 5.42. The van der Waals surface area contributed by atoms with Crippen molar-refractivity contribution in [1.82, 2.24) is 4.90 Å². The molecule has 1 heterocycles. The SMILES string of the molecule is CCCCc1ccc(NS(=O)(=O)c2ccc(C)c(C(=O)N3CCCC(CCC(N)=O)C3)c2)cc1. The number of likely N-dealkylation sites (tertiary alicyclic amines) is 1. The van der Waals surface area contributed by atoms with E-state index >= 15 is 0 Å². The summed E-state index contributed by atoms with van der Waals surface area (Å²) in [6.07, 6.45) is 5.93. The fourth-order valence-electron chi connectivity index (χ4n) is 4.33. The smallest absolute Gasteiger partial charge is 0.261 e. The van der Waals surface area contributed by atoms with Gasteiger partial charge in [-0.15, -0.1) is 0 Å². The number of hydrogen-bond donors (Lipinski definition) is 2. The van der Waals surface area contributed by atoms with Crippen molar-refractivity contribution in [3.63, 3.8) is 0 Å². The van der Waals surface area contributed by atoms with Gasteiger partial charge < -0.3 is 10.6 Å². The van der Waals surface area contributed by atoms with Crippen LogP contribution in [-0.2, 0) is 21.2 Å². The number of primary amides is 1. The molecular weight excluding hydrogens is 450 g/mol. The molecule has 0 aromatic heterocycles. The molecule has 1 saturated heterocycles. The van der Waals surface area contributed by atoms with E-state index in [2.05, 4.69) is 11.6 Å². The molecular formula is C26H35N3O4S. The summed E-state index contributed by atoms with van der Waals surface area (Å²) in [5.41, 5.74) is 8.04. The van der Waals surface area contributed by atoms with Gasteiger partial charge in [0.2, 0.25) is 5.91 Å². The van der Waals surface area contributed by atoms with Crippen molar-refractivity contribution in [2.24, 2.45) is 11.7 Å². The Balaban J connectivity index is 1.74. The summed E-state index contributed by atoms with van der Waals surface area (Å²) in [6.45, 7) is 5.10. The van der Waals surface area contributed by atoms with Crippen LogP contribution in [0.1, 0.15) is 66.9 Å². The van der Waals surface area contributed by atoms with Gasteiger partial charge in [-0.25, -0.2) is 8.42 Å². The lowest BCUT2D eigenvalue weighted by Crippen LogP contribution is -2.40. The Labute approximate surface area is 202 Å². The summed E-state index contributed by atoms with van der Waals surface area (Å²) >= 11 is 0. The van der Waals surface area contributed by atoms with Crippen molar-refractivity contribution in [3.8, 4) is 0 Å². The molecule has 3 N–H and O–H groups in total. The van der Waals surface area contributed by atoms with Crippen molar-refractivity contribution in [2.75, 3.05) is 17.8 Å². The maximum Gasteiger partial charge on any atom is 0.261 e. The van der Waals surface area contributed by atoms with E-state index in [-0.39, 0.29) is 22.6 Å². The predicted molar refractivity (Wildman–Crippen MR) is 134 cm³/mol. The van der Waals surface area contributed by atoms with Crippen molar-refractivity contribution in [2.45, 2.75) is 63.7 Å². The summed E-state index contributed by atoms with van der Waals surface area (Å²) in [4.78, 5) is 26.2. The number of hydrogen-bond acceptors (Lipinski definition) is 4. The molecule has 7 nitrogen and oxygen atoms in total. The fraction of sp³-hybridized carbons (Fsp3) is 0.462. The van der Waals surface area contributed by atoms with Gasteiger partial charge in [0.1, 0.15) is 0 Å². The first-order chi connectivity index (χ1) is 16.2. The van der Waals surface area contributed by atoms with Crippen molar-refractivity contribution in [1.29, 1.82) is 0 Å². The number of aryl methyl sites for hydroxylation is 2. The van der Waals surface area contributed by atoms with Gasteiger partial charge in [0, 0.05) is 30.8 Å². The topological polar surface area (TPSA) is 110 Å². The molecule has 1 aliphatic heterocycles. The standard InChI is InChI=1S/C26H35N3O4S/c1-3-4-6-20-9-12-22(13-10-20)28-34(32,33)23-14-8-19(2)24(17-23)26(31)29-16-5-7-21(18-29)11-15-25(27)30/h8-10,12-14,17,21,28H,3-7,11,15-16,18H2,1-2H3,(H2,27,30). The third kappa shape index (κ3) is 6.82. The molecule has 3 rings (SSSR count). The van der Waals surface area contributed by atoms with Gasteiger partial charge in [-0.05, 0) is 80.3 Å². The van der Waals surface area contributed by atoms with E-state index in [1.807, 2.05) is 12.1 Å². The Hall–Kier alpha value is -2.87. The Morgan fingerprint density at radius 3 is 2.56 bits per heavy atom. The number of nitrogens with zero attached hydrogens (tertiary/aromatic N) is 1. The average molecular weight is 486 g/mol. The number of carbonyl (C=O) groups excluding carboxylic acids is 2. The molecule has 0 saturated carbocycles. The summed E-state index contributed by atoms with van der Waals surface area (Å²) < 4.78 is 28.7. The lowest BCUT2D eigenvalue weighted by Gasteiger charge is -2.33. The third-order valence-electron chi connectivity index (χ3n) is 6.38. The highest BCUT2D eigenvalue weighted by Gasteiger charge is 2.27. The Morgan fingerprint density at radius 1 is 1.15 bits per heavy atom. The minimum absolute atomic E-state index is 0.0544. The van der Waals surface area contributed by atoms with Gasteiger partial charge in [-0.2, -0.15) is 0 Å². The van der Waals surface area contributed by atoms with Crippen LogP contribution in [0, 0.1) is 12.8 Å². The Morgan fingerprint density at radius 2 is 1.88 bits per heavy atom. The first kappa shape index (κ1) is 25.7. The zero-order valence-corrected chi connectivity index (χ0v) is 20.9. The van der Waals surface area contributed by atoms with Gasteiger partial charge in [-0.1, -0.05) is 31.5 Å². The number of benzene rings is 2. The van der Waals surface area contributed by atoms with Gasteiger partial charge in [0.05, 0.1) is 4.90 Å². The molecule has 0 bridgehead atoms. The van der Waals surface area contributed by atoms with E-state index in [0.717, 1.165) is 37.7 Å². The van der Waals surface area contributed by atoms with Crippen LogP contribution in [0.15, 0.2) is 47.4 Å². The molecule has 1 fully saturated rings. The maximum atomic E-state index is 13.3. The zero-order valence-electron chi connectivity index (χ0n) is 20.0. The number of amides is 2. The first-order valence-electron chi connectivity index (χ1n) is 12.0. The van der Waals surface area contributed by atoms with Crippen LogP contribution < -0.4 is 10.5 Å². The molecule has 1 unspecified atom stereocenters. The number of rotatable bonds is 10. The summed E-state index contributed by atoms with van der Waals surface area (Å²) in [5.74, 6) is -0.293. The molecule has 2 aromatic carbocycles. The number of sulfonamides is 1. The number of nitrogens with two attached hydrogens (primary N) is 1. The molecule has 1 atom stereocenters. The molecule has 2 aromatic rings. The van der Waals surface area contributed by atoms with E-state index < -0.39 is 10.0 Å². The molecule has 34 heavy (non-hydrogen) atoms. The van der Waals surface area contributed by atoms with Crippen LogP contribution in [0.5, 0.6) is 0 Å². The van der Waals surface area contributed by atoms with Crippen LogP contribution in [-0.4, -0.2) is 38.2 Å². The van der Waals surface area contributed by atoms with Gasteiger partial charge >= 0.3 is 0 Å². The molecule has 2 amide bonds. The number of piperidine rings is 1. The predicted octanol–water partition coefficient (Wildman–Crippen LogP) is 4.26. The van der Waals surface area contributed by atoms with Crippen LogP contribution in [0.2, 0.25) is 0 Å². The van der Waals surface area contributed by atoms with Crippen LogP contribution in [0.4, 0.5) is 5.69 Å². The molecule has 0 radical (unpaired) electrons. The van der Waals surface area contributed by atoms with E-state index in [1.165, 1.54) is 17.7 Å². The van der Waals surface area contributed by atoms with E-state index in [1.54, 1.807) is 30.0 Å². The second-order valence-electron chi connectivity index (χ2n) is 9.15. The number of carbonyl (C=O) groups is 2. The van der Waals surface area contributed by atoms with Crippen molar-refractivity contribution in [3.05, 3.63) is 59.2 Å². The third-order valence-corrected chi connectivity index (χ3v) is 7.76. The van der Waals surface area contributed by atoms with Crippen LogP contribution >= 0.6 is 0 Å². The van der Waals surface area contributed by atoms with Crippen LogP contribution in [0.25, 0.3) is 0 Å². The summed E-state index contributed by atoms with van der Waals surface area (Å²) in [5, 5.41) is 0. The second kappa shape index (κ2) is 11.5. The van der Waals surface area contributed by atoms with Gasteiger partial charge in [0.25, 0.3) is 15.9 Å². The Kier molecular flexibility index (Phi) is 8.72. The van der Waals surface area contributed by atoms with E-state index in [9.17, 15) is 18.0 Å². The summed E-state index contributed by atoms with van der Waals surface area (Å²) in [6, 6.07) is 12.1. The maximum absolute atomic E-state index is 13.3. The highest BCUT2D eigenvalue weighted by molar-refractivity contribution is 7.92. The number of nitrogens with one attached hydrogen (secondary N) is 1. The molecule has 0 aliphatic carbocycles. The highest BCUT2D eigenvalue weighted by Crippen LogP contribution is 2.25. The van der Waals surface area contributed by atoms with Crippen molar-refractivity contribution < 1.29 is 18.0 Å². The molecule has 0 spiro atoms. The minimum Gasteiger partial charge on any atom is -0.370 e. The largest absolute Gasteiger partial charge is 0.370 e. The van der Waals surface area contributed by atoms with E-state index in [4.69, 9.17) is 5.73 Å². The first-order valence-corrected chi connectivity index (χ1v) is 13.5. The van der Waals surface area contributed by atoms with Gasteiger partial charge in [0.15, 0.2) is 0 Å². The molecule has 1 aliphatic rings. The highest BCUT2D eigenvalue weighted by atomic mass is 32.2. The van der Waals surface area contributed by atoms with Crippen LogP contribution in [0.3, 0.4) is 0 Å². The minimum atomic E-state index is -3.85. The lowest BCUT2D eigenvalue weighted by atomic mass is 9.92. The van der Waals surface area contributed by atoms with E-state index in [0.29, 0.717) is 37.2 Å². The number of anilines is 1. The lowest BCUT2D eigenvalue weighted by molar-refractivity contribution is -0.118. The normalized spacial score (nSPS) is 16.3. The second-order valence-corrected chi connectivity index (χ2v) is 10.8. The molecule has 8 heteroatoms. The van der Waals surface area contributed by atoms with Gasteiger partial charge in [-0.3, -0.25) is 14.3 Å². The zero-order chi connectivity index (χ0) is 24.7.